The minimum Gasteiger partial charge on any atom is -0.412 e. The molecule has 0 bridgehead atoms. The monoisotopic (exact) mass is 349 g/mol. The normalized spacial score (nSPS) is 11.8. The van der Waals surface area contributed by atoms with E-state index < -0.39 is 0 Å². The van der Waals surface area contributed by atoms with Gasteiger partial charge in [-0.25, -0.2) is 0 Å². The van der Waals surface area contributed by atoms with Crippen LogP contribution in [-0.2, 0) is 13.0 Å². The lowest BCUT2D eigenvalue weighted by Gasteiger charge is -2.08. The van der Waals surface area contributed by atoms with E-state index in [1.165, 1.54) is 16.8 Å². The molecule has 5 heteroatoms. The van der Waals surface area contributed by atoms with Gasteiger partial charge in [0.25, 0.3) is 5.91 Å². The molecule has 0 atom stereocenters. The van der Waals surface area contributed by atoms with Crippen LogP contribution in [0.25, 0.3) is 11.1 Å². The van der Waals surface area contributed by atoms with E-state index in [-0.39, 0.29) is 12.8 Å². The van der Waals surface area contributed by atoms with E-state index in [2.05, 4.69) is 33.8 Å². The highest BCUT2D eigenvalue weighted by atomic mass is 16.1. The number of fused-ring (bicyclic) bond motifs is 1. The van der Waals surface area contributed by atoms with Gasteiger partial charge in [-0.3, -0.25) is 9.78 Å². The lowest BCUT2D eigenvalue weighted by Crippen LogP contribution is -2.23. The van der Waals surface area contributed by atoms with Crippen LogP contribution in [-0.4, -0.2) is 22.9 Å². The van der Waals surface area contributed by atoms with E-state index in [4.69, 9.17) is 0 Å². The molecule has 1 aliphatic heterocycles. The fourth-order valence-electron chi connectivity index (χ4n) is 3.07. The first-order valence-electron chi connectivity index (χ1n) is 8.45. The Morgan fingerprint density at radius 3 is 2.65 bits per heavy atom. The Balaban J connectivity index is 0.00000131. The standard InChI is InChI=1S/C21H19N3O.H2O.H2/c25-21(24-14-19-3-1-2-11-22-19)16-6-4-15(5-7-16)17-8-9-20-18(13-17)10-12-23-20;;/h1-9,11,13,23H,10,12,14H2,(H,24,25);1H2;1H. The average Bonchev–Trinajstić information content (AvgIpc) is 3.15. The molecule has 2 aromatic carbocycles. The highest BCUT2D eigenvalue weighted by Gasteiger charge is 2.11. The SMILES string of the molecule is O.O=C(NCc1ccccn1)c1ccc(-c2ccc3c(c2)CCN3)cc1.[HH]. The minimum absolute atomic E-state index is 0. The van der Waals surface area contributed by atoms with Gasteiger partial charge < -0.3 is 16.1 Å². The second-order valence-corrected chi connectivity index (χ2v) is 6.13. The Morgan fingerprint density at radius 1 is 1.08 bits per heavy atom. The summed E-state index contributed by atoms with van der Waals surface area (Å²) in [5.74, 6) is -0.0876. The third-order valence-electron chi connectivity index (χ3n) is 4.45. The van der Waals surface area contributed by atoms with Crippen molar-refractivity contribution in [2.24, 2.45) is 0 Å². The predicted octanol–water partition coefficient (Wildman–Crippen LogP) is 3.07. The van der Waals surface area contributed by atoms with Crippen molar-refractivity contribution < 1.29 is 11.7 Å². The summed E-state index contributed by atoms with van der Waals surface area (Å²) in [6.45, 7) is 1.44. The van der Waals surface area contributed by atoms with Crippen LogP contribution in [0, 0.1) is 0 Å². The Bertz CT molecular complexity index is 899. The van der Waals surface area contributed by atoms with Gasteiger partial charge in [-0.1, -0.05) is 24.3 Å². The third kappa shape index (κ3) is 3.73. The van der Waals surface area contributed by atoms with E-state index in [0.717, 1.165) is 24.2 Å². The number of aromatic nitrogens is 1. The van der Waals surface area contributed by atoms with Crippen molar-refractivity contribution in [1.29, 1.82) is 0 Å². The minimum atomic E-state index is -0.0876. The second-order valence-electron chi connectivity index (χ2n) is 6.13. The average molecular weight is 349 g/mol. The summed E-state index contributed by atoms with van der Waals surface area (Å²) in [5, 5.41) is 6.27. The maximum Gasteiger partial charge on any atom is 0.251 e. The van der Waals surface area contributed by atoms with Crippen LogP contribution in [0.2, 0.25) is 0 Å². The molecule has 1 aromatic heterocycles. The number of nitrogens with one attached hydrogen (secondary N) is 2. The van der Waals surface area contributed by atoms with Gasteiger partial charge in [0.05, 0.1) is 12.2 Å². The van der Waals surface area contributed by atoms with Crippen LogP contribution in [0.3, 0.4) is 0 Å². The van der Waals surface area contributed by atoms with Crippen LogP contribution in [0.1, 0.15) is 23.0 Å². The van der Waals surface area contributed by atoms with Crippen molar-refractivity contribution in [1.82, 2.24) is 10.3 Å². The van der Waals surface area contributed by atoms with Crippen molar-refractivity contribution in [3.63, 3.8) is 0 Å². The van der Waals surface area contributed by atoms with Gasteiger partial charge >= 0.3 is 0 Å². The van der Waals surface area contributed by atoms with Crippen molar-refractivity contribution in [3.05, 3.63) is 83.7 Å². The topological polar surface area (TPSA) is 85.5 Å². The number of rotatable bonds is 4. The summed E-state index contributed by atoms with van der Waals surface area (Å²) >= 11 is 0. The smallest absolute Gasteiger partial charge is 0.251 e. The number of hydrogen-bond donors (Lipinski definition) is 2. The van der Waals surface area contributed by atoms with Crippen molar-refractivity contribution in [3.8, 4) is 11.1 Å². The van der Waals surface area contributed by atoms with Crippen LogP contribution in [0.15, 0.2) is 66.9 Å². The van der Waals surface area contributed by atoms with E-state index in [1.54, 1.807) is 6.20 Å². The van der Waals surface area contributed by atoms with Gasteiger partial charge in [-0.2, -0.15) is 0 Å². The molecule has 0 unspecified atom stereocenters. The van der Waals surface area contributed by atoms with Gasteiger partial charge in [0.2, 0.25) is 0 Å². The number of pyridine rings is 1. The van der Waals surface area contributed by atoms with E-state index >= 15 is 0 Å². The lowest BCUT2D eigenvalue weighted by atomic mass is 10.0. The number of nitrogens with zero attached hydrogens (tertiary/aromatic N) is 1. The lowest BCUT2D eigenvalue weighted by molar-refractivity contribution is 0.0950. The molecule has 0 saturated heterocycles. The summed E-state index contributed by atoms with van der Waals surface area (Å²) in [5.41, 5.74) is 6.39. The van der Waals surface area contributed by atoms with E-state index in [1.807, 2.05) is 42.5 Å². The third-order valence-corrected chi connectivity index (χ3v) is 4.45. The van der Waals surface area contributed by atoms with Crippen molar-refractivity contribution in [2.45, 2.75) is 13.0 Å². The molecule has 0 fully saturated rings. The van der Waals surface area contributed by atoms with Crippen LogP contribution in [0.5, 0.6) is 0 Å². The summed E-state index contributed by atoms with van der Waals surface area (Å²) in [4.78, 5) is 16.5. The fourth-order valence-corrected chi connectivity index (χ4v) is 3.07. The molecular formula is C21H23N3O2. The molecule has 5 nitrogen and oxygen atoms in total. The van der Waals surface area contributed by atoms with E-state index in [0.29, 0.717) is 12.1 Å². The molecule has 0 radical (unpaired) electrons. The van der Waals surface area contributed by atoms with Crippen molar-refractivity contribution >= 4 is 11.6 Å². The number of carbonyl (C=O) groups excluding carboxylic acids is 1. The zero-order valence-corrected chi connectivity index (χ0v) is 14.3. The molecule has 4 rings (SSSR count). The zero-order chi connectivity index (χ0) is 17.1. The Labute approximate surface area is 153 Å². The number of hydrogen-bond acceptors (Lipinski definition) is 3. The van der Waals surface area contributed by atoms with Gasteiger partial charge in [0, 0.05) is 25.4 Å². The molecule has 0 aliphatic carbocycles. The first-order chi connectivity index (χ1) is 12.3. The highest BCUT2D eigenvalue weighted by Crippen LogP contribution is 2.28. The second kappa shape index (κ2) is 7.80. The molecule has 4 N–H and O–H groups in total. The molecule has 134 valence electrons. The van der Waals surface area contributed by atoms with Gasteiger partial charge in [0.15, 0.2) is 0 Å². The molecule has 0 saturated carbocycles. The maximum atomic E-state index is 12.3. The number of benzene rings is 2. The Hall–Kier alpha value is -3.18. The van der Waals surface area contributed by atoms with Crippen LogP contribution >= 0.6 is 0 Å². The maximum absolute atomic E-state index is 12.3. The molecule has 0 spiro atoms. The number of anilines is 1. The first kappa shape index (κ1) is 17.6. The molecule has 2 heterocycles. The summed E-state index contributed by atoms with van der Waals surface area (Å²) in [6, 6.07) is 19.9. The van der Waals surface area contributed by atoms with Crippen LogP contribution in [0.4, 0.5) is 5.69 Å². The van der Waals surface area contributed by atoms with Gasteiger partial charge in [0.1, 0.15) is 0 Å². The molecular weight excluding hydrogens is 326 g/mol. The quantitative estimate of drug-likeness (QED) is 0.759. The summed E-state index contributed by atoms with van der Waals surface area (Å²) < 4.78 is 0. The highest BCUT2D eigenvalue weighted by molar-refractivity contribution is 5.94. The molecule has 1 amide bonds. The summed E-state index contributed by atoms with van der Waals surface area (Å²) in [7, 11) is 0. The number of carbonyl (C=O) groups is 1. The van der Waals surface area contributed by atoms with E-state index in [9.17, 15) is 4.79 Å². The predicted molar refractivity (Wildman–Crippen MR) is 105 cm³/mol. The molecule has 26 heavy (non-hydrogen) atoms. The van der Waals surface area contributed by atoms with Gasteiger partial charge in [-0.05, 0) is 59.5 Å². The van der Waals surface area contributed by atoms with Crippen LogP contribution < -0.4 is 10.6 Å². The first-order valence-corrected chi connectivity index (χ1v) is 8.45. The fraction of sp³-hybridized carbons (Fsp3) is 0.143. The zero-order valence-electron chi connectivity index (χ0n) is 14.3. The van der Waals surface area contributed by atoms with Crippen molar-refractivity contribution in [2.75, 3.05) is 11.9 Å². The summed E-state index contributed by atoms with van der Waals surface area (Å²) in [6.07, 6.45) is 2.79. The van der Waals surface area contributed by atoms with Gasteiger partial charge in [-0.15, -0.1) is 0 Å². The molecule has 3 aromatic rings. The Kier molecular flexibility index (Phi) is 5.29. The Morgan fingerprint density at radius 2 is 1.88 bits per heavy atom. The largest absolute Gasteiger partial charge is 0.412 e. The molecule has 1 aliphatic rings. The number of amides is 1.